The number of allylic oxidation sites excluding steroid dienone is 1. The Bertz CT molecular complexity index is 1320. The highest BCUT2D eigenvalue weighted by atomic mass is 32.1. The molecule has 4 rings (SSSR count). The highest BCUT2D eigenvalue weighted by Crippen LogP contribution is 2.31. The fourth-order valence-electron chi connectivity index (χ4n) is 3.02. The normalized spacial score (nSPS) is 12.9. The molecule has 0 saturated carbocycles. The van der Waals surface area contributed by atoms with Crippen LogP contribution in [0.1, 0.15) is 34.6 Å². The van der Waals surface area contributed by atoms with Crippen LogP contribution in [-0.2, 0) is 11.3 Å². The molecule has 7 nitrogen and oxygen atoms in total. The van der Waals surface area contributed by atoms with E-state index in [4.69, 9.17) is 10.00 Å². The van der Waals surface area contributed by atoms with Crippen molar-refractivity contribution in [2.75, 3.05) is 5.32 Å². The molecule has 0 aliphatic carbocycles. The maximum Gasteiger partial charge on any atom is 0.254 e. The Balaban J connectivity index is 1.45. The van der Waals surface area contributed by atoms with E-state index in [1.807, 2.05) is 6.07 Å². The number of carbonyl (C=O) groups excluding carboxylic acids is 2. The van der Waals surface area contributed by atoms with E-state index in [0.29, 0.717) is 38.9 Å². The number of ether oxygens (including phenoxy) is 1. The molecule has 1 aliphatic heterocycles. The van der Waals surface area contributed by atoms with Crippen LogP contribution in [0.4, 0.5) is 10.1 Å². The van der Waals surface area contributed by atoms with Crippen LogP contribution in [0.15, 0.2) is 53.9 Å². The third-order valence-electron chi connectivity index (χ3n) is 4.93. The molecule has 2 aromatic carbocycles. The van der Waals surface area contributed by atoms with E-state index < -0.39 is 5.82 Å². The van der Waals surface area contributed by atoms with E-state index in [1.54, 1.807) is 38.2 Å². The molecular weight excluding hydrogens is 431 g/mol. The number of carbonyl (C=O) groups is 2. The summed E-state index contributed by atoms with van der Waals surface area (Å²) < 4.78 is 19.9. The molecule has 9 heteroatoms. The molecule has 1 aliphatic rings. The summed E-state index contributed by atoms with van der Waals surface area (Å²) in [5.41, 5.74) is 1.76. The standard InChI is InChI=1S/C23H17FN4O3S/c1-12-13(2)31-20-6-4-15(8-19(20)28-21(12)29)22(30)26-10-16-11-27-23(32-16)17-5-3-14(9-25)7-18(17)24/h3-8,11H,10H2,1-2H3,(H,26,30)(H,28,29). The summed E-state index contributed by atoms with van der Waals surface area (Å²) in [6, 6.07) is 10.9. The van der Waals surface area contributed by atoms with Crippen molar-refractivity contribution in [3.05, 3.63) is 75.7 Å². The summed E-state index contributed by atoms with van der Waals surface area (Å²) in [6.07, 6.45) is 1.57. The van der Waals surface area contributed by atoms with E-state index in [0.717, 1.165) is 10.9 Å². The number of halogens is 1. The highest BCUT2D eigenvalue weighted by molar-refractivity contribution is 7.15. The molecule has 2 heterocycles. The van der Waals surface area contributed by atoms with Crippen molar-refractivity contribution in [2.24, 2.45) is 0 Å². The number of nitriles is 1. The number of hydrogen-bond acceptors (Lipinski definition) is 6. The van der Waals surface area contributed by atoms with Crippen molar-refractivity contribution in [1.29, 1.82) is 5.26 Å². The van der Waals surface area contributed by atoms with Crippen LogP contribution in [0.5, 0.6) is 5.75 Å². The number of fused-ring (bicyclic) bond motifs is 1. The van der Waals surface area contributed by atoms with Gasteiger partial charge in [0.2, 0.25) is 0 Å². The maximum absolute atomic E-state index is 14.2. The molecular formula is C23H17FN4O3S. The van der Waals surface area contributed by atoms with E-state index in [1.165, 1.54) is 23.5 Å². The monoisotopic (exact) mass is 448 g/mol. The van der Waals surface area contributed by atoms with E-state index >= 15 is 0 Å². The van der Waals surface area contributed by atoms with Gasteiger partial charge >= 0.3 is 0 Å². The van der Waals surface area contributed by atoms with Gasteiger partial charge in [-0.05, 0) is 50.2 Å². The second-order valence-electron chi connectivity index (χ2n) is 7.07. The summed E-state index contributed by atoms with van der Waals surface area (Å²) in [4.78, 5) is 29.7. The average Bonchev–Trinajstić information content (AvgIpc) is 3.22. The number of aromatic nitrogens is 1. The molecule has 0 saturated heterocycles. The Morgan fingerprint density at radius 1 is 1.28 bits per heavy atom. The topological polar surface area (TPSA) is 104 Å². The maximum atomic E-state index is 14.2. The number of benzene rings is 2. The van der Waals surface area contributed by atoms with Gasteiger partial charge in [0.15, 0.2) is 0 Å². The molecule has 3 aromatic rings. The first-order valence-corrected chi connectivity index (χ1v) is 10.4. The van der Waals surface area contributed by atoms with Gasteiger partial charge in [-0.2, -0.15) is 5.26 Å². The highest BCUT2D eigenvalue weighted by Gasteiger charge is 2.20. The Labute approximate surface area is 187 Å². The van der Waals surface area contributed by atoms with Crippen molar-refractivity contribution in [2.45, 2.75) is 20.4 Å². The lowest BCUT2D eigenvalue weighted by Gasteiger charge is -2.10. The fraction of sp³-hybridized carbons (Fsp3) is 0.130. The van der Waals surface area contributed by atoms with Crippen LogP contribution < -0.4 is 15.4 Å². The van der Waals surface area contributed by atoms with Crippen molar-refractivity contribution in [3.8, 4) is 22.4 Å². The molecule has 0 atom stereocenters. The van der Waals surface area contributed by atoms with Crippen molar-refractivity contribution >= 4 is 28.8 Å². The number of hydrogen-bond donors (Lipinski definition) is 2. The Kier molecular flexibility index (Phi) is 5.71. The summed E-state index contributed by atoms with van der Waals surface area (Å²) >= 11 is 1.25. The minimum atomic E-state index is -0.525. The van der Waals surface area contributed by atoms with Gasteiger partial charge in [-0.1, -0.05) is 0 Å². The van der Waals surface area contributed by atoms with Crippen molar-refractivity contribution < 1.29 is 18.7 Å². The molecule has 0 radical (unpaired) electrons. The molecule has 1 aromatic heterocycles. The van der Waals surface area contributed by atoms with Gasteiger partial charge in [0.25, 0.3) is 11.8 Å². The van der Waals surface area contributed by atoms with Gasteiger partial charge in [0.1, 0.15) is 22.3 Å². The fourth-order valence-corrected chi connectivity index (χ4v) is 3.90. The summed E-state index contributed by atoms with van der Waals surface area (Å²) in [6.45, 7) is 3.57. The molecule has 0 spiro atoms. The van der Waals surface area contributed by atoms with Crippen LogP contribution in [-0.4, -0.2) is 16.8 Å². The average molecular weight is 448 g/mol. The van der Waals surface area contributed by atoms with Gasteiger partial charge in [-0.25, -0.2) is 9.37 Å². The number of thiazole rings is 1. The first-order valence-electron chi connectivity index (χ1n) is 9.59. The van der Waals surface area contributed by atoms with Crippen LogP contribution in [0, 0.1) is 17.1 Å². The minimum absolute atomic E-state index is 0.202. The first kappa shape index (κ1) is 21.2. The number of anilines is 1. The Morgan fingerprint density at radius 2 is 2.09 bits per heavy atom. The number of rotatable bonds is 4. The lowest BCUT2D eigenvalue weighted by Crippen LogP contribution is -2.22. The number of nitrogens with one attached hydrogen (secondary N) is 2. The second kappa shape index (κ2) is 8.61. The number of amides is 2. The third kappa shape index (κ3) is 4.22. The molecule has 0 fully saturated rings. The lowest BCUT2D eigenvalue weighted by molar-refractivity contribution is -0.112. The van der Waals surface area contributed by atoms with Gasteiger partial charge < -0.3 is 15.4 Å². The van der Waals surface area contributed by atoms with E-state index in [-0.39, 0.29) is 23.9 Å². The first-order chi connectivity index (χ1) is 15.4. The SMILES string of the molecule is CC1=C(C)C(=O)Nc2cc(C(=O)NCc3cnc(-c4ccc(C#N)cc4F)s3)ccc2O1. The lowest BCUT2D eigenvalue weighted by atomic mass is 10.1. The zero-order chi connectivity index (χ0) is 22.8. The molecule has 2 N–H and O–H groups in total. The van der Waals surface area contributed by atoms with Gasteiger partial charge in [0, 0.05) is 22.2 Å². The van der Waals surface area contributed by atoms with Crippen LogP contribution >= 0.6 is 11.3 Å². The zero-order valence-corrected chi connectivity index (χ0v) is 18.0. The molecule has 0 unspecified atom stereocenters. The van der Waals surface area contributed by atoms with E-state index in [9.17, 15) is 14.0 Å². The van der Waals surface area contributed by atoms with Crippen LogP contribution in [0.2, 0.25) is 0 Å². The van der Waals surface area contributed by atoms with Gasteiger partial charge in [-0.15, -0.1) is 11.3 Å². The predicted octanol–water partition coefficient (Wildman–Crippen LogP) is 4.38. The quantitative estimate of drug-likeness (QED) is 0.617. The Morgan fingerprint density at radius 3 is 2.84 bits per heavy atom. The number of nitrogens with zero attached hydrogens (tertiary/aromatic N) is 2. The molecule has 160 valence electrons. The summed E-state index contributed by atoms with van der Waals surface area (Å²) in [5, 5.41) is 14.9. The van der Waals surface area contributed by atoms with Crippen LogP contribution in [0.25, 0.3) is 10.6 Å². The summed E-state index contributed by atoms with van der Waals surface area (Å²) in [7, 11) is 0. The summed E-state index contributed by atoms with van der Waals surface area (Å²) in [5.74, 6) is -0.194. The zero-order valence-electron chi connectivity index (χ0n) is 17.2. The Hall–Kier alpha value is -4.03. The van der Waals surface area contributed by atoms with Crippen molar-refractivity contribution in [1.82, 2.24) is 10.3 Å². The molecule has 32 heavy (non-hydrogen) atoms. The predicted molar refractivity (Wildman–Crippen MR) is 117 cm³/mol. The largest absolute Gasteiger partial charge is 0.459 e. The smallest absolute Gasteiger partial charge is 0.254 e. The van der Waals surface area contributed by atoms with Crippen molar-refractivity contribution in [3.63, 3.8) is 0 Å². The van der Waals surface area contributed by atoms with Crippen LogP contribution in [0.3, 0.4) is 0 Å². The molecule has 0 bridgehead atoms. The minimum Gasteiger partial charge on any atom is -0.459 e. The molecule has 2 amide bonds. The third-order valence-corrected chi connectivity index (χ3v) is 5.96. The van der Waals surface area contributed by atoms with Gasteiger partial charge in [0.05, 0.1) is 29.4 Å². The van der Waals surface area contributed by atoms with E-state index in [2.05, 4.69) is 15.6 Å². The van der Waals surface area contributed by atoms with Gasteiger partial charge in [-0.3, -0.25) is 9.59 Å². The second-order valence-corrected chi connectivity index (χ2v) is 8.18.